The maximum atomic E-state index is 8.64. The molecule has 0 N–H and O–H groups in total. The molecular formula is C42H49Cl2SiZr. The van der Waals surface area contributed by atoms with E-state index in [4.69, 9.17) is 17.0 Å². The summed E-state index contributed by atoms with van der Waals surface area (Å²) in [5.41, 5.74) is 21.6. The third kappa shape index (κ3) is 5.08. The topological polar surface area (TPSA) is 0 Å². The van der Waals surface area contributed by atoms with Crippen LogP contribution in [0.4, 0.5) is 0 Å². The number of allylic oxidation sites excluding steroid dienone is 2. The molecule has 4 aromatic rings. The molecule has 0 fully saturated rings. The van der Waals surface area contributed by atoms with E-state index in [9.17, 15) is 0 Å². The van der Waals surface area contributed by atoms with Crippen molar-refractivity contribution in [2.24, 2.45) is 0 Å². The Hall–Kier alpha value is -1.96. The molecule has 0 saturated carbocycles. The number of benzene rings is 4. The molecule has 4 aromatic carbocycles. The van der Waals surface area contributed by atoms with Crippen LogP contribution in [0, 0.1) is 41.5 Å². The Morgan fingerprint density at radius 2 is 0.935 bits per heavy atom. The molecule has 2 unspecified atom stereocenters. The molecular weight excluding hydrogens is 695 g/mol. The zero-order valence-electron chi connectivity index (χ0n) is 29.3. The van der Waals surface area contributed by atoms with Crippen LogP contribution in [0.15, 0.2) is 71.8 Å². The summed E-state index contributed by atoms with van der Waals surface area (Å²) in [4.78, 5) is 0. The second kappa shape index (κ2) is 12.2. The van der Waals surface area contributed by atoms with Crippen molar-refractivity contribution in [1.82, 2.24) is 0 Å². The molecule has 46 heavy (non-hydrogen) atoms. The molecule has 2 aliphatic carbocycles. The van der Waals surface area contributed by atoms with E-state index < -0.39 is 21.5 Å². The summed E-state index contributed by atoms with van der Waals surface area (Å²) in [6.45, 7) is 22.9. The van der Waals surface area contributed by atoms with E-state index in [0.29, 0.717) is 0 Å². The summed E-state index contributed by atoms with van der Waals surface area (Å²) < 4.78 is 0.227. The van der Waals surface area contributed by atoms with Gasteiger partial charge in [-0.25, -0.2) is 0 Å². The minimum absolute atomic E-state index is 0.113. The monoisotopic (exact) mass is 741 g/mol. The number of hydrogen-bond acceptors (Lipinski definition) is 0. The Morgan fingerprint density at radius 1 is 0.587 bits per heavy atom. The fourth-order valence-electron chi connectivity index (χ4n) is 8.56. The van der Waals surface area contributed by atoms with Crippen LogP contribution in [-0.2, 0) is 15.6 Å². The Balaban J connectivity index is 1.58. The van der Waals surface area contributed by atoms with Gasteiger partial charge < -0.3 is 0 Å². The van der Waals surface area contributed by atoms with Crippen LogP contribution in [-0.4, -0.2) is 5.92 Å². The fraction of sp³-hybridized carbons (Fsp3) is 0.333. The van der Waals surface area contributed by atoms with Crippen molar-refractivity contribution < 1.29 is 15.6 Å². The first kappa shape index (κ1) is 33.9. The Morgan fingerprint density at radius 3 is 1.24 bits per heavy atom. The van der Waals surface area contributed by atoms with E-state index in [0.717, 1.165) is 12.8 Å². The molecule has 0 amide bonds. The number of aryl methyl sites for hydroxylation is 4. The number of halogens is 2. The van der Waals surface area contributed by atoms with Crippen molar-refractivity contribution in [2.75, 3.05) is 0 Å². The zero-order valence-corrected chi connectivity index (χ0v) is 34.5. The minimum atomic E-state index is -4.79. The van der Waals surface area contributed by atoms with Crippen molar-refractivity contribution in [1.29, 1.82) is 0 Å². The van der Waals surface area contributed by atoms with Gasteiger partial charge in [0, 0.05) is 0 Å². The Bertz CT molecular complexity index is 1780. The van der Waals surface area contributed by atoms with Gasteiger partial charge in [-0.2, -0.15) is 0 Å². The molecule has 0 bridgehead atoms. The molecule has 2 aliphatic rings. The quantitative estimate of drug-likeness (QED) is 0.165. The summed E-state index contributed by atoms with van der Waals surface area (Å²) in [7, 11) is 17.3. The predicted molar refractivity (Wildman–Crippen MR) is 205 cm³/mol. The normalized spacial score (nSPS) is 18.2. The van der Waals surface area contributed by atoms with Gasteiger partial charge in [-0.1, -0.05) is 0 Å². The molecule has 0 aromatic heterocycles. The maximum absolute atomic E-state index is 8.64. The second-order valence-electron chi connectivity index (χ2n) is 14.5. The third-order valence-corrected chi connectivity index (χ3v) is 63.7. The predicted octanol–water partition coefficient (Wildman–Crippen LogP) is 13.2. The van der Waals surface area contributed by atoms with Gasteiger partial charge in [-0.3, -0.25) is 0 Å². The van der Waals surface area contributed by atoms with Crippen molar-refractivity contribution in [3.8, 4) is 22.3 Å². The molecule has 6 rings (SSSR count). The van der Waals surface area contributed by atoms with Crippen LogP contribution in [0.3, 0.4) is 0 Å². The molecule has 239 valence electrons. The molecule has 0 spiro atoms. The summed E-state index contributed by atoms with van der Waals surface area (Å²) in [5, 5.41) is 0. The third-order valence-electron chi connectivity index (χ3n) is 11.8. The first-order valence-electron chi connectivity index (χ1n) is 17.1. The van der Waals surface area contributed by atoms with E-state index in [1.807, 2.05) is 0 Å². The van der Waals surface area contributed by atoms with Crippen LogP contribution >= 0.6 is 17.0 Å². The molecule has 0 aliphatic heterocycles. The molecule has 4 heteroatoms. The molecule has 0 nitrogen and oxygen atoms in total. The van der Waals surface area contributed by atoms with Crippen LogP contribution in [0.5, 0.6) is 0 Å². The SMILES string of the molecule is CCC1=Cc2c(-c3cc(C)c(C)c(C)c3)cccc2[CH]1[Zr]([Cl])([Cl])([CH]1C(CC)=Cc2c(-c3cc(C)c(C)c(C)c3)cccc21)[SiH](C)C. The standard InChI is InChI=1S/2C20H21.C2H7Si.2ClH.Zr/c2*1-5-16-11-17-7-6-8-19(20(17)12-16)18-9-13(2)15(4)14(3)10-18;1-3-2;;;/h2*6-12H,5H2,1-4H3;3H,1-2H3;2*1H;/q;;;;;+2/p-2. The zero-order chi connectivity index (χ0) is 33.3. The van der Waals surface area contributed by atoms with Gasteiger partial charge in [-0.05, 0) is 0 Å². The van der Waals surface area contributed by atoms with E-state index in [2.05, 4.69) is 141 Å². The van der Waals surface area contributed by atoms with Crippen LogP contribution in [0.1, 0.15) is 89.6 Å². The van der Waals surface area contributed by atoms with E-state index in [-0.39, 0.29) is 7.25 Å². The molecule has 0 heterocycles. The summed E-state index contributed by atoms with van der Waals surface area (Å²) in [5.74, 6) is -1.61. The number of hydrogen-bond donors (Lipinski definition) is 0. The second-order valence-corrected chi connectivity index (χ2v) is 57.0. The first-order chi connectivity index (χ1) is 21.7. The van der Waals surface area contributed by atoms with Gasteiger partial charge in [-0.15, -0.1) is 0 Å². The van der Waals surface area contributed by atoms with Crippen molar-refractivity contribution in [3.05, 3.63) is 127 Å². The van der Waals surface area contributed by atoms with Crippen molar-refractivity contribution in [2.45, 2.75) is 88.6 Å². The van der Waals surface area contributed by atoms with Crippen LogP contribution in [0.25, 0.3) is 34.4 Å². The van der Waals surface area contributed by atoms with Gasteiger partial charge >= 0.3 is 289 Å². The van der Waals surface area contributed by atoms with Gasteiger partial charge in [0.15, 0.2) is 0 Å². The summed E-state index contributed by atoms with van der Waals surface area (Å²) in [6, 6.07) is 23.2. The summed E-state index contributed by atoms with van der Waals surface area (Å²) in [6.07, 6.45) is 6.88. The van der Waals surface area contributed by atoms with E-state index in [1.54, 1.807) is 0 Å². The van der Waals surface area contributed by atoms with E-state index in [1.165, 1.54) is 89.0 Å². The molecule has 2 atom stereocenters. The van der Waals surface area contributed by atoms with Crippen LogP contribution < -0.4 is 0 Å². The number of rotatable bonds is 7. The first-order valence-corrected chi connectivity index (χ1v) is 33.4. The Labute approximate surface area is 286 Å². The van der Waals surface area contributed by atoms with Gasteiger partial charge in [0.1, 0.15) is 0 Å². The van der Waals surface area contributed by atoms with Gasteiger partial charge in [0.05, 0.1) is 0 Å². The summed E-state index contributed by atoms with van der Waals surface area (Å²) >= 11 is -4.79. The van der Waals surface area contributed by atoms with Gasteiger partial charge in [0.25, 0.3) is 0 Å². The fourth-order valence-corrected chi connectivity index (χ4v) is 40.4. The molecule has 0 radical (unpaired) electrons. The number of fused-ring (bicyclic) bond motifs is 2. The van der Waals surface area contributed by atoms with Gasteiger partial charge in [0.2, 0.25) is 0 Å². The average Bonchev–Trinajstić information content (AvgIpc) is 3.61. The molecule has 0 saturated heterocycles. The van der Waals surface area contributed by atoms with E-state index >= 15 is 0 Å². The van der Waals surface area contributed by atoms with Crippen molar-refractivity contribution in [3.63, 3.8) is 0 Å². The van der Waals surface area contributed by atoms with Crippen molar-refractivity contribution >= 4 is 35.1 Å². The van der Waals surface area contributed by atoms with Crippen LogP contribution in [0.2, 0.25) is 13.1 Å². The Kier molecular flexibility index (Phi) is 8.98. The average molecular weight is 744 g/mol.